The number of hydrogen-bond acceptors (Lipinski definition) is 5. The number of ether oxygens (including phenoxy) is 3. The fourth-order valence-corrected chi connectivity index (χ4v) is 3.80. The maximum absolute atomic E-state index is 13.4. The van der Waals surface area contributed by atoms with Gasteiger partial charge in [-0.1, -0.05) is 18.2 Å². The molecule has 4 aromatic rings. The van der Waals surface area contributed by atoms with Crippen molar-refractivity contribution in [3.63, 3.8) is 0 Å². The topological polar surface area (TPSA) is 69.7 Å². The number of para-hydroxylation sites is 1. The predicted octanol–water partition coefficient (Wildman–Crippen LogP) is 5.20. The van der Waals surface area contributed by atoms with Crippen LogP contribution in [0.1, 0.15) is 15.9 Å². The van der Waals surface area contributed by atoms with Gasteiger partial charge in [0.25, 0.3) is 5.91 Å². The van der Waals surface area contributed by atoms with E-state index in [2.05, 4.69) is 5.32 Å². The third kappa shape index (κ3) is 3.42. The van der Waals surface area contributed by atoms with Gasteiger partial charge in [0.1, 0.15) is 5.75 Å². The summed E-state index contributed by atoms with van der Waals surface area (Å²) < 4.78 is 16.0. The van der Waals surface area contributed by atoms with Crippen LogP contribution in [0.15, 0.2) is 66.7 Å². The van der Waals surface area contributed by atoms with Crippen LogP contribution in [-0.2, 0) is 0 Å². The van der Waals surface area contributed by atoms with Gasteiger partial charge in [0.2, 0.25) is 6.79 Å². The summed E-state index contributed by atoms with van der Waals surface area (Å²) in [6.45, 7) is 2.11. The quantitative estimate of drug-likeness (QED) is 0.499. The summed E-state index contributed by atoms with van der Waals surface area (Å²) in [7, 11) is 1.63. The van der Waals surface area contributed by atoms with Crippen LogP contribution in [0.4, 0.5) is 5.69 Å². The van der Waals surface area contributed by atoms with Crippen molar-refractivity contribution >= 4 is 22.5 Å². The number of hydrogen-bond donors (Lipinski definition) is 1. The van der Waals surface area contributed by atoms with E-state index in [-0.39, 0.29) is 12.7 Å². The second-order valence-corrected chi connectivity index (χ2v) is 7.23. The molecule has 0 bridgehead atoms. The van der Waals surface area contributed by atoms with E-state index >= 15 is 0 Å². The number of amides is 1. The van der Waals surface area contributed by atoms with Crippen LogP contribution in [0.5, 0.6) is 17.2 Å². The van der Waals surface area contributed by atoms with Crippen LogP contribution in [0.25, 0.3) is 22.2 Å². The van der Waals surface area contributed by atoms with E-state index < -0.39 is 0 Å². The molecule has 0 saturated carbocycles. The molecule has 1 N–H and O–H groups in total. The van der Waals surface area contributed by atoms with Crippen LogP contribution < -0.4 is 19.5 Å². The van der Waals surface area contributed by atoms with Crippen molar-refractivity contribution in [3.05, 3.63) is 77.9 Å². The lowest BCUT2D eigenvalue weighted by Crippen LogP contribution is -2.15. The molecule has 1 amide bonds. The smallest absolute Gasteiger partial charge is 0.256 e. The summed E-state index contributed by atoms with van der Waals surface area (Å²) in [5.41, 5.74) is 4.48. The molecule has 5 rings (SSSR count). The molecule has 0 saturated heterocycles. The van der Waals surface area contributed by atoms with Crippen LogP contribution in [-0.4, -0.2) is 24.8 Å². The number of aromatic nitrogens is 1. The lowest BCUT2D eigenvalue weighted by atomic mass is 9.97. The molecule has 0 radical (unpaired) electrons. The second kappa shape index (κ2) is 7.65. The number of pyridine rings is 1. The Kier molecular flexibility index (Phi) is 4.67. The standard InChI is InChI=1S/C25H20N2O4/c1-15-23(25(28)26-17-9-12-21-22(13-17)31-14-30-21)19-5-3-4-6-20(19)27-24(15)16-7-10-18(29-2)11-8-16/h3-13H,14H2,1-2H3,(H,26,28). The van der Waals surface area contributed by atoms with E-state index in [0.29, 0.717) is 22.7 Å². The van der Waals surface area contributed by atoms with Gasteiger partial charge in [-0.3, -0.25) is 4.79 Å². The minimum absolute atomic E-state index is 0.187. The molecule has 0 spiro atoms. The minimum atomic E-state index is -0.204. The highest BCUT2D eigenvalue weighted by Gasteiger charge is 2.20. The summed E-state index contributed by atoms with van der Waals surface area (Å²) in [6.07, 6.45) is 0. The van der Waals surface area contributed by atoms with Gasteiger partial charge in [0.05, 0.1) is 23.9 Å². The van der Waals surface area contributed by atoms with Crippen molar-refractivity contribution in [2.24, 2.45) is 0 Å². The molecule has 154 valence electrons. The SMILES string of the molecule is COc1ccc(-c2nc3ccccc3c(C(=O)Nc3ccc4c(c3)OCO4)c2C)cc1. The van der Waals surface area contributed by atoms with Crippen LogP contribution >= 0.6 is 0 Å². The monoisotopic (exact) mass is 412 g/mol. The Hall–Kier alpha value is -4.06. The van der Waals surface area contributed by atoms with Crippen molar-refractivity contribution in [2.75, 3.05) is 19.2 Å². The van der Waals surface area contributed by atoms with Crippen LogP contribution in [0.3, 0.4) is 0 Å². The zero-order valence-electron chi connectivity index (χ0n) is 17.1. The Labute approximate surface area is 179 Å². The molecule has 3 aromatic carbocycles. The van der Waals surface area contributed by atoms with E-state index in [1.807, 2.05) is 55.5 Å². The van der Waals surface area contributed by atoms with E-state index in [4.69, 9.17) is 19.2 Å². The summed E-state index contributed by atoms with van der Waals surface area (Å²) in [5.74, 6) is 1.85. The number of fused-ring (bicyclic) bond motifs is 2. The Morgan fingerprint density at radius 2 is 1.77 bits per heavy atom. The molecular formula is C25H20N2O4. The lowest BCUT2D eigenvalue weighted by molar-refractivity contribution is 0.102. The van der Waals surface area contributed by atoms with Crippen molar-refractivity contribution in [3.8, 4) is 28.5 Å². The molecule has 1 aliphatic rings. The first-order chi connectivity index (χ1) is 15.1. The molecule has 31 heavy (non-hydrogen) atoms. The molecule has 0 atom stereocenters. The third-order valence-electron chi connectivity index (χ3n) is 5.36. The van der Waals surface area contributed by atoms with Crippen LogP contribution in [0, 0.1) is 6.92 Å². The molecule has 2 heterocycles. The van der Waals surface area contributed by atoms with Gasteiger partial charge in [-0.2, -0.15) is 0 Å². The summed E-state index contributed by atoms with van der Waals surface area (Å²) >= 11 is 0. The highest BCUT2D eigenvalue weighted by molar-refractivity contribution is 6.14. The average Bonchev–Trinajstić information content (AvgIpc) is 3.26. The van der Waals surface area contributed by atoms with Gasteiger partial charge in [-0.05, 0) is 55.0 Å². The van der Waals surface area contributed by atoms with Gasteiger partial charge in [-0.15, -0.1) is 0 Å². The summed E-state index contributed by atoms with van der Waals surface area (Å²) in [4.78, 5) is 18.2. The van der Waals surface area contributed by atoms with Gasteiger partial charge in [0, 0.05) is 22.7 Å². The third-order valence-corrected chi connectivity index (χ3v) is 5.36. The minimum Gasteiger partial charge on any atom is -0.497 e. The van der Waals surface area contributed by atoms with Gasteiger partial charge in [0.15, 0.2) is 11.5 Å². The predicted molar refractivity (Wildman–Crippen MR) is 119 cm³/mol. The normalized spacial score (nSPS) is 12.1. The van der Waals surface area contributed by atoms with Crippen molar-refractivity contribution in [1.82, 2.24) is 4.98 Å². The highest BCUT2D eigenvalue weighted by atomic mass is 16.7. The van der Waals surface area contributed by atoms with Gasteiger partial charge < -0.3 is 19.5 Å². The Morgan fingerprint density at radius 1 is 1.00 bits per heavy atom. The number of anilines is 1. The van der Waals surface area contributed by atoms with Gasteiger partial charge >= 0.3 is 0 Å². The number of benzene rings is 3. The Morgan fingerprint density at radius 3 is 2.58 bits per heavy atom. The fourth-order valence-electron chi connectivity index (χ4n) is 3.80. The number of carbonyl (C=O) groups excluding carboxylic acids is 1. The first kappa shape index (κ1) is 18.9. The maximum atomic E-state index is 13.4. The van der Waals surface area contributed by atoms with Crippen LogP contribution in [0.2, 0.25) is 0 Å². The zero-order valence-corrected chi connectivity index (χ0v) is 17.1. The second-order valence-electron chi connectivity index (χ2n) is 7.23. The lowest BCUT2D eigenvalue weighted by Gasteiger charge is -2.15. The number of methoxy groups -OCH3 is 1. The average molecular weight is 412 g/mol. The molecule has 6 heteroatoms. The zero-order chi connectivity index (χ0) is 21.4. The summed E-state index contributed by atoms with van der Waals surface area (Å²) in [5, 5.41) is 3.80. The molecule has 0 fully saturated rings. The largest absolute Gasteiger partial charge is 0.497 e. The molecule has 1 aliphatic heterocycles. The molecule has 1 aromatic heterocycles. The number of carbonyl (C=O) groups is 1. The Bertz CT molecular complexity index is 1300. The molecule has 0 aliphatic carbocycles. The number of rotatable bonds is 4. The van der Waals surface area contributed by atoms with E-state index in [1.165, 1.54) is 0 Å². The van der Waals surface area contributed by atoms with Gasteiger partial charge in [-0.25, -0.2) is 4.98 Å². The Balaban J connectivity index is 1.59. The van der Waals surface area contributed by atoms with E-state index in [9.17, 15) is 4.79 Å². The fraction of sp³-hybridized carbons (Fsp3) is 0.120. The first-order valence-corrected chi connectivity index (χ1v) is 9.89. The molecule has 6 nitrogen and oxygen atoms in total. The van der Waals surface area contributed by atoms with E-state index in [0.717, 1.165) is 33.5 Å². The molecular weight excluding hydrogens is 392 g/mol. The van der Waals surface area contributed by atoms with Crippen molar-refractivity contribution in [2.45, 2.75) is 6.92 Å². The first-order valence-electron chi connectivity index (χ1n) is 9.89. The van der Waals surface area contributed by atoms with Crippen molar-refractivity contribution in [1.29, 1.82) is 0 Å². The highest BCUT2D eigenvalue weighted by Crippen LogP contribution is 2.35. The van der Waals surface area contributed by atoms with Crippen molar-refractivity contribution < 1.29 is 19.0 Å². The summed E-state index contributed by atoms with van der Waals surface area (Å²) in [6, 6.07) is 20.7. The van der Waals surface area contributed by atoms with E-state index in [1.54, 1.807) is 25.3 Å². The maximum Gasteiger partial charge on any atom is 0.256 e. The molecule has 0 unspecified atom stereocenters. The number of nitrogens with zero attached hydrogens (tertiary/aromatic N) is 1. The number of nitrogens with one attached hydrogen (secondary N) is 1.